The van der Waals surface area contributed by atoms with Gasteiger partial charge in [0.25, 0.3) is 11.7 Å². The Morgan fingerprint density at radius 3 is 2.33 bits per heavy atom. The second kappa shape index (κ2) is 8.69. The molecule has 0 aliphatic carbocycles. The number of carbonyl (C=O) groups is 1. The molecule has 7 nitrogen and oxygen atoms in total. The third-order valence-electron chi connectivity index (χ3n) is 5.71. The van der Waals surface area contributed by atoms with Crippen LogP contribution in [0.1, 0.15) is 29.6 Å². The first-order valence-electron chi connectivity index (χ1n) is 10.3. The van der Waals surface area contributed by atoms with E-state index >= 15 is 0 Å². The summed E-state index contributed by atoms with van der Waals surface area (Å²) in [5.74, 6) is -0.107. The third-order valence-corrected chi connectivity index (χ3v) is 7.62. The average molecular weight is 434 g/mol. The molecule has 0 unspecified atom stereocenters. The first kappa shape index (κ1) is 20.7. The maximum atomic E-state index is 14.4. The predicted molar refractivity (Wildman–Crippen MR) is 110 cm³/mol. The molecule has 1 aromatic carbocycles. The summed E-state index contributed by atoms with van der Waals surface area (Å²) >= 11 is 0. The number of hydrogen-bond acceptors (Lipinski definition) is 4. The molecule has 1 N–H and O–H groups in total. The van der Waals surface area contributed by atoms with Crippen molar-refractivity contribution in [2.24, 2.45) is 0 Å². The van der Waals surface area contributed by atoms with Crippen molar-refractivity contribution < 1.29 is 22.6 Å². The number of anilines is 1. The summed E-state index contributed by atoms with van der Waals surface area (Å²) < 4.78 is 41.6. The number of aromatic amines is 1. The number of pyridine rings is 1. The topological polar surface area (TPSA) is 75.1 Å². The lowest BCUT2D eigenvalue weighted by atomic mass is 10.1. The predicted octanol–water partition coefficient (Wildman–Crippen LogP) is 1.78. The zero-order chi connectivity index (χ0) is 21.1. The van der Waals surface area contributed by atoms with Gasteiger partial charge in [-0.25, -0.2) is 17.8 Å². The Morgan fingerprint density at radius 1 is 0.933 bits per heavy atom. The van der Waals surface area contributed by atoms with Gasteiger partial charge in [-0.3, -0.25) is 9.69 Å². The quantitative estimate of drug-likeness (QED) is 0.737. The minimum absolute atomic E-state index is 0.201. The zero-order valence-corrected chi connectivity index (χ0v) is 17.6. The number of halogens is 1. The Morgan fingerprint density at radius 2 is 1.67 bits per heavy atom. The van der Waals surface area contributed by atoms with Gasteiger partial charge in [-0.2, -0.15) is 4.31 Å². The van der Waals surface area contributed by atoms with Crippen LogP contribution in [0.5, 0.6) is 0 Å². The van der Waals surface area contributed by atoms with Crippen molar-refractivity contribution in [1.82, 2.24) is 9.21 Å². The van der Waals surface area contributed by atoms with E-state index in [9.17, 15) is 17.6 Å². The first-order valence-corrected chi connectivity index (χ1v) is 11.7. The number of piperazine rings is 1. The molecular weight excluding hydrogens is 407 g/mol. The molecule has 2 aromatic rings. The smallest absolute Gasteiger partial charge is 0.274 e. The van der Waals surface area contributed by atoms with E-state index in [1.807, 2.05) is 24.4 Å². The molecule has 0 atom stereocenters. The van der Waals surface area contributed by atoms with E-state index in [4.69, 9.17) is 0 Å². The summed E-state index contributed by atoms with van der Waals surface area (Å²) in [4.78, 5) is 19.6. The van der Waals surface area contributed by atoms with Crippen molar-refractivity contribution in [3.63, 3.8) is 0 Å². The molecular formula is C21H26FN4O3S+. The fourth-order valence-electron chi connectivity index (χ4n) is 3.99. The molecule has 2 fully saturated rings. The second-order valence-electron chi connectivity index (χ2n) is 7.64. The Kier molecular flexibility index (Phi) is 6.01. The highest BCUT2D eigenvalue weighted by Gasteiger charge is 2.31. The Labute approximate surface area is 176 Å². The van der Waals surface area contributed by atoms with Crippen molar-refractivity contribution in [2.75, 3.05) is 44.2 Å². The molecule has 0 saturated carbocycles. The van der Waals surface area contributed by atoms with Gasteiger partial charge >= 0.3 is 0 Å². The van der Waals surface area contributed by atoms with E-state index in [1.165, 1.54) is 16.4 Å². The number of H-pyrrole nitrogens is 1. The van der Waals surface area contributed by atoms with Crippen LogP contribution in [0.4, 0.5) is 10.2 Å². The first-order chi connectivity index (χ1) is 14.5. The number of sulfonamides is 1. The highest BCUT2D eigenvalue weighted by Crippen LogP contribution is 2.25. The van der Waals surface area contributed by atoms with Gasteiger partial charge in [-0.15, -0.1) is 0 Å². The van der Waals surface area contributed by atoms with Gasteiger partial charge in [-0.1, -0.05) is 12.5 Å². The average Bonchev–Trinajstić information content (AvgIpc) is 2.80. The molecule has 9 heteroatoms. The van der Waals surface area contributed by atoms with Gasteiger partial charge in [0.15, 0.2) is 0 Å². The molecule has 1 aromatic heterocycles. The van der Waals surface area contributed by atoms with Gasteiger partial charge in [0.2, 0.25) is 10.0 Å². The van der Waals surface area contributed by atoms with Crippen LogP contribution in [0.2, 0.25) is 0 Å². The minimum Gasteiger partial charge on any atom is -0.331 e. The fourth-order valence-corrected chi connectivity index (χ4v) is 5.60. The number of hydrogen-bond donors (Lipinski definition) is 0. The lowest BCUT2D eigenvalue weighted by Gasteiger charge is -2.31. The molecule has 0 spiro atoms. The number of rotatable bonds is 4. The van der Waals surface area contributed by atoms with Crippen molar-refractivity contribution in [3.8, 4) is 0 Å². The van der Waals surface area contributed by atoms with Crippen LogP contribution >= 0.6 is 0 Å². The fraction of sp³-hybridized carbons (Fsp3) is 0.429. The van der Waals surface area contributed by atoms with Crippen LogP contribution in [-0.2, 0) is 10.0 Å². The van der Waals surface area contributed by atoms with Gasteiger partial charge in [0.1, 0.15) is 23.8 Å². The van der Waals surface area contributed by atoms with Crippen molar-refractivity contribution >= 4 is 21.7 Å². The van der Waals surface area contributed by atoms with Crippen molar-refractivity contribution in [2.45, 2.75) is 24.2 Å². The third kappa shape index (κ3) is 4.17. The maximum Gasteiger partial charge on any atom is 0.274 e. The molecule has 30 heavy (non-hydrogen) atoms. The van der Waals surface area contributed by atoms with Crippen molar-refractivity contribution in [1.29, 1.82) is 0 Å². The van der Waals surface area contributed by atoms with Crippen LogP contribution in [0.15, 0.2) is 47.5 Å². The number of carbonyl (C=O) groups excluding carboxylic acids is 1. The largest absolute Gasteiger partial charge is 0.331 e. The molecule has 0 bridgehead atoms. The monoisotopic (exact) mass is 433 g/mol. The lowest BCUT2D eigenvalue weighted by Crippen LogP contribution is -2.50. The van der Waals surface area contributed by atoms with Crippen LogP contribution in [-0.4, -0.2) is 62.8 Å². The SMILES string of the molecule is O=C(c1ccc(F)c(S(=O)(=O)N2CCCCC2)c1)N1CCN(c2cccc[nH+]2)CC1. The van der Waals surface area contributed by atoms with Crippen LogP contribution in [0.3, 0.4) is 0 Å². The number of piperidine rings is 1. The second-order valence-corrected chi connectivity index (χ2v) is 9.54. The Balaban J connectivity index is 1.49. The Bertz CT molecular complexity index is 1000. The molecule has 2 saturated heterocycles. The molecule has 2 aliphatic rings. The van der Waals surface area contributed by atoms with Gasteiger partial charge in [0, 0.05) is 24.7 Å². The molecule has 4 rings (SSSR count). The van der Waals surface area contributed by atoms with Crippen LogP contribution < -0.4 is 9.88 Å². The molecule has 2 aliphatic heterocycles. The summed E-state index contributed by atoms with van der Waals surface area (Å²) in [6.07, 6.45) is 4.36. The number of aromatic nitrogens is 1. The van der Waals surface area contributed by atoms with E-state index in [1.54, 1.807) is 4.90 Å². The number of nitrogens with one attached hydrogen (secondary N) is 1. The molecule has 0 radical (unpaired) electrons. The molecule has 1 amide bonds. The standard InChI is InChI=1S/C21H25FN4O3S/c22-18-8-7-17(16-19(18)30(28,29)26-10-4-1-5-11-26)21(27)25-14-12-24(13-15-25)20-6-2-3-9-23-20/h2-3,6-9,16H,1,4-5,10-15H2/p+1. The van der Waals surface area contributed by atoms with Crippen LogP contribution in [0.25, 0.3) is 0 Å². The highest BCUT2D eigenvalue weighted by molar-refractivity contribution is 7.89. The lowest BCUT2D eigenvalue weighted by molar-refractivity contribution is -0.364. The van der Waals surface area contributed by atoms with E-state index < -0.39 is 20.7 Å². The number of benzene rings is 1. The summed E-state index contributed by atoms with van der Waals surface area (Å²) in [5, 5.41) is 0. The van der Waals surface area contributed by atoms with Crippen molar-refractivity contribution in [3.05, 3.63) is 54.0 Å². The summed E-state index contributed by atoms with van der Waals surface area (Å²) in [7, 11) is -3.95. The van der Waals surface area contributed by atoms with E-state index in [2.05, 4.69) is 9.88 Å². The van der Waals surface area contributed by atoms with Crippen LogP contribution in [0, 0.1) is 5.82 Å². The number of nitrogens with zero attached hydrogens (tertiary/aromatic N) is 3. The summed E-state index contributed by atoms with van der Waals surface area (Å²) in [5.41, 5.74) is 0.201. The maximum absolute atomic E-state index is 14.4. The summed E-state index contributed by atoms with van der Waals surface area (Å²) in [6.45, 7) is 3.11. The zero-order valence-electron chi connectivity index (χ0n) is 16.8. The highest BCUT2D eigenvalue weighted by atomic mass is 32.2. The molecule has 160 valence electrons. The van der Waals surface area contributed by atoms with E-state index in [-0.39, 0.29) is 11.5 Å². The van der Waals surface area contributed by atoms with E-state index in [0.717, 1.165) is 31.1 Å². The van der Waals surface area contributed by atoms with Gasteiger partial charge in [-0.05, 0) is 37.1 Å². The van der Waals surface area contributed by atoms with E-state index in [0.29, 0.717) is 39.3 Å². The number of amides is 1. The summed E-state index contributed by atoms with van der Waals surface area (Å²) in [6, 6.07) is 9.48. The van der Waals surface area contributed by atoms with Gasteiger partial charge < -0.3 is 4.90 Å². The minimum atomic E-state index is -3.95. The van der Waals surface area contributed by atoms with Gasteiger partial charge in [0.05, 0.1) is 19.3 Å². The Hall–Kier alpha value is -2.52. The normalized spacial score (nSPS) is 18.4. The molecule has 3 heterocycles.